The molecule has 1 aliphatic carbocycles. The summed E-state index contributed by atoms with van der Waals surface area (Å²) in [5.74, 6) is 1.14. The summed E-state index contributed by atoms with van der Waals surface area (Å²) in [6.07, 6.45) is 2.03. The van der Waals surface area contributed by atoms with Crippen molar-refractivity contribution in [3.8, 4) is 17.6 Å². The van der Waals surface area contributed by atoms with Gasteiger partial charge >= 0.3 is 0 Å². The van der Waals surface area contributed by atoms with E-state index in [9.17, 15) is 10.1 Å². The molecular formula is C30H29N3O3. The SMILES string of the molecule is CCOc1cc([C@@H]2C(C#N)=C(N)N(C)C3=C2C(=O)CCC3)ccc1OCc1cccc2ccccc12. The van der Waals surface area contributed by atoms with Gasteiger partial charge in [-0.3, -0.25) is 4.79 Å². The number of nitrogens with two attached hydrogens (primary N) is 1. The van der Waals surface area contributed by atoms with Gasteiger partial charge in [0.2, 0.25) is 0 Å². The van der Waals surface area contributed by atoms with E-state index < -0.39 is 5.92 Å². The van der Waals surface area contributed by atoms with E-state index in [-0.39, 0.29) is 5.78 Å². The van der Waals surface area contributed by atoms with Crippen LogP contribution in [0.4, 0.5) is 0 Å². The number of allylic oxidation sites excluding steroid dienone is 3. The molecule has 36 heavy (non-hydrogen) atoms. The predicted molar refractivity (Wildman–Crippen MR) is 139 cm³/mol. The predicted octanol–water partition coefficient (Wildman–Crippen LogP) is 5.55. The van der Waals surface area contributed by atoms with Gasteiger partial charge in [-0.15, -0.1) is 0 Å². The smallest absolute Gasteiger partial charge is 0.161 e. The maximum Gasteiger partial charge on any atom is 0.161 e. The lowest BCUT2D eigenvalue weighted by atomic mass is 9.76. The second-order valence-corrected chi connectivity index (χ2v) is 9.11. The van der Waals surface area contributed by atoms with Crippen LogP contribution in [-0.4, -0.2) is 24.3 Å². The fraction of sp³-hybridized carbons (Fsp3) is 0.267. The van der Waals surface area contributed by atoms with Gasteiger partial charge in [0.15, 0.2) is 17.3 Å². The number of nitrogens with zero attached hydrogens (tertiary/aromatic N) is 2. The summed E-state index contributed by atoms with van der Waals surface area (Å²) in [7, 11) is 1.83. The molecule has 2 N–H and O–H groups in total. The summed E-state index contributed by atoms with van der Waals surface area (Å²) >= 11 is 0. The van der Waals surface area contributed by atoms with Crippen molar-refractivity contribution >= 4 is 16.6 Å². The molecule has 5 rings (SSSR count). The van der Waals surface area contributed by atoms with Crippen molar-refractivity contribution in [2.75, 3.05) is 13.7 Å². The minimum absolute atomic E-state index is 0.0718. The first-order valence-corrected chi connectivity index (χ1v) is 12.3. The van der Waals surface area contributed by atoms with Gasteiger partial charge in [-0.2, -0.15) is 5.26 Å². The molecule has 182 valence electrons. The van der Waals surface area contributed by atoms with Crippen LogP contribution in [-0.2, 0) is 11.4 Å². The van der Waals surface area contributed by atoms with Crippen LogP contribution in [0.2, 0.25) is 0 Å². The number of rotatable bonds is 6. The van der Waals surface area contributed by atoms with Crippen molar-refractivity contribution in [1.82, 2.24) is 4.90 Å². The summed E-state index contributed by atoms with van der Waals surface area (Å²) in [5, 5.41) is 12.3. The van der Waals surface area contributed by atoms with Crippen molar-refractivity contribution in [3.63, 3.8) is 0 Å². The average Bonchev–Trinajstić information content (AvgIpc) is 2.90. The van der Waals surface area contributed by atoms with E-state index in [0.29, 0.717) is 48.1 Å². The van der Waals surface area contributed by atoms with Gasteiger partial charge in [-0.05, 0) is 53.8 Å². The van der Waals surface area contributed by atoms with E-state index in [2.05, 4.69) is 30.3 Å². The fourth-order valence-corrected chi connectivity index (χ4v) is 5.26. The number of benzene rings is 3. The highest BCUT2D eigenvalue weighted by Crippen LogP contribution is 2.45. The van der Waals surface area contributed by atoms with Crippen molar-refractivity contribution in [2.24, 2.45) is 5.73 Å². The van der Waals surface area contributed by atoms with Gasteiger partial charge in [0.1, 0.15) is 12.4 Å². The lowest BCUT2D eigenvalue weighted by Crippen LogP contribution is -2.36. The summed E-state index contributed by atoms with van der Waals surface area (Å²) in [6, 6.07) is 22.3. The lowest BCUT2D eigenvalue weighted by molar-refractivity contribution is -0.116. The van der Waals surface area contributed by atoms with Crippen LogP contribution in [0.3, 0.4) is 0 Å². The highest BCUT2D eigenvalue weighted by Gasteiger charge is 2.38. The molecule has 6 heteroatoms. The molecule has 0 saturated carbocycles. The van der Waals surface area contributed by atoms with Crippen LogP contribution in [0, 0.1) is 11.3 Å². The molecule has 1 aliphatic heterocycles. The zero-order valence-corrected chi connectivity index (χ0v) is 20.6. The molecule has 6 nitrogen and oxygen atoms in total. The first-order chi connectivity index (χ1) is 17.5. The van der Waals surface area contributed by atoms with Gasteiger partial charge in [-0.25, -0.2) is 0 Å². The Hall–Kier alpha value is -4.24. The summed E-state index contributed by atoms with van der Waals surface area (Å²) in [6.45, 7) is 2.76. The van der Waals surface area contributed by atoms with Crippen LogP contribution < -0.4 is 15.2 Å². The molecule has 2 aliphatic rings. The molecule has 1 heterocycles. The Kier molecular flexibility index (Phi) is 6.39. The molecule has 1 atom stereocenters. The number of Topliss-reactive ketones (excluding diaryl/α,β-unsaturated/α-hetero) is 1. The Morgan fingerprint density at radius 2 is 1.86 bits per heavy atom. The van der Waals surface area contributed by atoms with E-state index in [0.717, 1.165) is 40.4 Å². The second kappa shape index (κ2) is 9.79. The van der Waals surface area contributed by atoms with Gasteiger partial charge < -0.3 is 20.1 Å². The van der Waals surface area contributed by atoms with Crippen molar-refractivity contribution in [2.45, 2.75) is 38.7 Å². The van der Waals surface area contributed by atoms with E-state index in [4.69, 9.17) is 15.2 Å². The van der Waals surface area contributed by atoms with Gasteiger partial charge in [0.25, 0.3) is 0 Å². The molecule has 3 aromatic rings. The van der Waals surface area contributed by atoms with Crippen LogP contribution in [0.5, 0.6) is 11.5 Å². The number of nitriles is 1. The number of fused-ring (bicyclic) bond motifs is 1. The first-order valence-electron chi connectivity index (χ1n) is 12.3. The molecule has 0 spiro atoms. The highest BCUT2D eigenvalue weighted by molar-refractivity contribution is 5.99. The normalized spacial score (nSPS) is 17.8. The molecule has 0 fully saturated rings. The maximum atomic E-state index is 13.1. The second-order valence-electron chi connectivity index (χ2n) is 9.11. The molecule has 0 unspecified atom stereocenters. The van der Waals surface area contributed by atoms with E-state index in [1.807, 2.05) is 50.4 Å². The highest BCUT2D eigenvalue weighted by atomic mass is 16.5. The number of ether oxygens (including phenoxy) is 2. The van der Waals surface area contributed by atoms with Crippen molar-refractivity contribution in [1.29, 1.82) is 5.26 Å². The number of hydrogen-bond acceptors (Lipinski definition) is 6. The third kappa shape index (κ3) is 4.07. The minimum atomic E-state index is -0.514. The summed E-state index contributed by atoms with van der Waals surface area (Å²) in [5.41, 5.74) is 10.2. The lowest BCUT2D eigenvalue weighted by Gasteiger charge is -2.37. The Labute approximate surface area is 211 Å². The van der Waals surface area contributed by atoms with E-state index in [1.165, 1.54) is 0 Å². The van der Waals surface area contributed by atoms with Gasteiger partial charge in [-0.1, -0.05) is 48.5 Å². The summed E-state index contributed by atoms with van der Waals surface area (Å²) in [4.78, 5) is 14.9. The van der Waals surface area contributed by atoms with Crippen LogP contribution in [0.15, 0.2) is 83.3 Å². The maximum absolute atomic E-state index is 13.1. The molecule has 0 amide bonds. The van der Waals surface area contributed by atoms with Crippen LogP contribution in [0.1, 0.15) is 43.2 Å². The van der Waals surface area contributed by atoms with Crippen molar-refractivity contribution in [3.05, 3.63) is 94.5 Å². The number of carbonyl (C=O) groups is 1. The third-order valence-electron chi connectivity index (χ3n) is 7.03. The quantitative estimate of drug-likeness (QED) is 0.499. The molecule has 0 aromatic heterocycles. The first kappa shape index (κ1) is 23.5. The van der Waals surface area contributed by atoms with Gasteiger partial charge in [0.05, 0.1) is 24.2 Å². The molecule has 3 aromatic carbocycles. The van der Waals surface area contributed by atoms with E-state index >= 15 is 0 Å². The molecule has 0 saturated heterocycles. The Morgan fingerprint density at radius 1 is 1.06 bits per heavy atom. The fourth-order valence-electron chi connectivity index (χ4n) is 5.26. The number of carbonyl (C=O) groups excluding carboxylic acids is 1. The Morgan fingerprint density at radius 3 is 2.67 bits per heavy atom. The summed E-state index contributed by atoms with van der Waals surface area (Å²) < 4.78 is 12.2. The van der Waals surface area contributed by atoms with Crippen LogP contribution >= 0.6 is 0 Å². The zero-order valence-electron chi connectivity index (χ0n) is 20.6. The average molecular weight is 480 g/mol. The van der Waals surface area contributed by atoms with Gasteiger partial charge in [0, 0.05) is 24.7 Å². The Balaban J connectivity index is 1.52. The largest absolute Gasteiger partial charge is 0.490 e. The number of hydrogen-bond donors (Lipinski definition) is 1. The topological polar surface area (TPSA) is 88.6 Å². The van der Waals surface area contributed by atoms with E-state index in [1.54, 1.807) is 4.90 Å². The van der Waals surface area contributed by atoms with Crippen molar-refractivity contribution < 1.29 is 14.3 Å². The number of ketones is 1. The standard InChI is InChI=1S/C30H29N3O3/c1-3-35-27-16-20(28-23(17-31)30(32)33(2)24-12-7-13-25(34)29(24)28)14-15-26(27)36-18-21-10-6-9-19-8-4-5-11-22(19)21/h4-6,8-11,14-16,28H,3,7,12-13,18,32H2,1-2H3/t28-/m1/s1. The molecular weight excluding hydrogens is 450 g/mol. The monoisotopic (exact) mass is 479 g/mol. The Bertz CT molecular complexity index is 1440. The molecule has 0 radical (unpaired) electrons. The minimum Gasteiger partial charge on any atom is -0.490 e. The molecule has 0 bridgehead atoms. The third-order valence-corrected chi connectivity index (χ3v) is 7.03. The zero-order chi connectivity index (χ0) is 25.2. The van der Waals surface area contributed by atoms with Crippen LogP contribution in [0.25, 0.3) is 10.8 Å².